The molecule has 0 amide bonds. The fourth-order valence-electron chi connectivity index (χ4n) is 2.17. The molecule has 22 heavy (non-hydrogen) atoms. The number of allylic oxidation sites excluding steroid dienone is 1. The van der Waals surface area contributed by atoms with Crippen LogP contribution in [0.3, 0.4) is 0 Å². The lowest BCUT2D eigenvalue weighted by atomic mass is 10.1. The van der Waals surface area contributed by atoms with Crippen molar-refractivity contribution >= 4 is 11.4 Å². The zero-order valence-corrected chi connectivity index (χ0v) is 12.8. The van der Waals surface area contributed by atoms with Crippen LogP contribution in [-0.2, 0) is 6.42 Å². The van der Waals surface area contributed by atoms with E-state index in [1.165, 1.54) is 5.56 Å². The third-order valence-corrected chi connectivity index (χ3v) is 3.30. The number of hydrogen-bond donors (Lipinski definition) is 3. The van der Waals surface area contributed by atoms with Crippen molar-refractivity contribution in [1.29, 1.82) is 5.41 Å². The quantitative estimate of drug-likeness (QED) is 0.540. The second-order valence-corrected chi connectivity index (χ2v) is 5.03. The first kappa shape index (κ1) is 15.9. The Kier molecular flexibility index (Phi) is 5.89. The largest absolute Gasteiger partial charge is 0.497 e. The van der Waals surface area contributed by atoms with Gasteiger partial charge in [-0.25, -0.2) is 0 Å². The minimum absolute atomic E-state index is 0.245. The van der Waals surface area contributed by atoms with E-state index in [4.69, 9.17) is 15.9 Å². The minimum atomic E-state index is 0.245. The summed E-state index contributed by atoms with van der Waals surface area (Å²) in [6.07, 6.45) is 2.62. The third kappa shape index (κ3) is 4.84. The Balaban J connectivity index is 2.16. The molecule has 0 heterocycles. The fraction of sp³-hybridized carbons (Fsp3) is 0.167. The van der Waals surface area contributed by atoms with E-state index < -0.39 is 0 Å². The summed E-state index contributed by atoms with van der Waals surface area (Å²) in [7, 11) is 1.65. The van der Waals surface area contributed by atoms with Crippen LogP contribution in [0.5, 0.6) is 5.75 Å². The lowest BCUT2D eigenvalue weighted by Crippen LogP contribution is -2.76. The van der Waals surface area contributed by atoms with Crippen LogP contribution in [0, 0.1) is 5.41 Å². The molecule has 0 spiro atoms. The van der Waals surface area contributed by atoms with Gasteiger partial charge in [0.05, 0.1) is 12.8 Å². The summed E-state index contributed by atoms with van der Waals surface area (Å²) in [5.74, 6) is 0.834. The number of rotatable bonds is 7. The number of nitrogens with one attached hydrogen (secondary N) is 1. The summed E-state index contributed by atoms with van der Waals surface area (Å²) in [6, 6.07) is 18.1. The summed E-state index contributed by atoms with van der Waals surface area (Å²) >= 11 is 0. The van der Waals surface area contributed by atoms with Gasteiger partial charge >= 0.3 is 0 Å². The molecule has 0 aliphatic carbocycles. The van der Waals surface area contributed by atoms with Crippen molar-refractivity contribution in [3.63, 3.8) is 0 Å². The molecule has 0 unspecified atom stereocenters. The predicted octanol–water partition coefficient (Wildman–Crippen LogP) is 2.00. The molecule has 4 nitrogen and oxygen atoms in total. The molecule has 4 heteroatoms. The zero-order chi connectivity index (χ0) is 15.8. The summed E-state index contributed by atoms with van der Waals surface area (Å²) in [5, 5.41) is 9.90. The molecule has 0 saturated carbocycles. The number of benzene rings is 2. The molecular formula is C18H22N3O+. The van der Waals surface area contributed by atoms with Crippen molar-refractivity contribution in [2.45, 2.75) is 6.42 Å². The molecule has 0 atom stereocenters. The highest BCUT2D eigenvalue weighted by atomic mass is 16.5. The van der Waals surface area contributed by atoms with E-state index in [0.29, 0.717) is 5.71 Å². The number of quaternary nitrogens is 1. The molecule has 2 aromatic rings. The topological polar surface area (TPSA) is 75.7 Å². The number of ether oxygens (including phenoxy) is 1. The van der Waals surface area contributed by atoms with Gasteiger partial charge in [-0.05, 0) is 17.7 Å². The monoisotopic (exact) mass is 296 g/mol. The Morgan fingerprint density at radius 3 is 2.41 bits per heavy atom. The minimum Gasteiger partial charge on any atom is -0.497 e. The predicted molar refractivity (Wildman–Crippen MR) is 89.6 cm³/mol. The molecule has 5 N–H and O–H groups in total. The summed E-state index contributed by atoms with van der Waals surface area (Å²) in [5.41, 5.74) is 9.32. The molecule has 0 aliphatic heterocycles. The average molecular weight is 296 g/mol. The summed E-state index contributed by atoms with van der Waals surface area (Å²) in [4.78, 5) is 0. The van der Waals surface area contributed by atoms with Gasteiger partial charge in [-0.3, -0.25) is 5.32 Å². The number of methoxy groups -OCH3 is 1. The first-order chi connectivity index (χ1) is 10.7. The third-order valence-electron chi connectivity index (χ3n) is 3.30. The van der Waals surface area contributed by atoms with Gasteiger partial charge in [-0.2, -0.15) is 0 Å². The van der Waals surface area contributed by atoms with E-state index in [1.807, 2.05) is 48.5 Å². The van der Waals surface area contributed by atoms with E-state index in [0.717, 1.165) is 23.6 Å². The van der Waals surface area contributed by atoms with Crippen molar-refractivity contribution in [3.05, 3.63) is 71.9 Å². The molecule has 0 radical (unpaired) electrons. The summed E-state index contributed by atoms with van der Waals surface area (Å²) in [6.45, 7) is 0.245. The van der Waals surface area contributed by atoms with Crippen molar-refractivity contribution < 1.29 is 10.1 Å². The average Bonchev–Trinajstić information content (AvgIpc) is 2.56. The van der Waals surface area contributed by atoms with Gasteiger partial charge in [-0.15, -0.1) is 0 Å². The molecule has 0 aliphatic rings. The SMILES string of the molecule is COc1ccc([NH2+]/C(=C\C(=N)CN)Cc2ccccc2)cc1. The van der Waals surface area contributed by atoms with Crippen molar-refractivity contribution in [2.75, 3.05) is 13.7 Å². The van der Waals surface area contributed by atoms with Crippen LogP contribution in [0.25, 0.3) is 0 Å². The molecule has 114 valence electrons. The normalized spacial score (nSPS) is 11.3. The second-order valence-electron chi connectivity index (χ2n) is 5.03. The lowest BCUT2D eigenvalue weighted by Gasteiger charge is -2.07. The van der Waals surface area contributed by atoms with Crippen molar-refractivity contribution in [1.82, 2.24) is 0 Å². The van der Waals surface area contributed by atoms with Crippen LogP contribution in [0.1, 0.15) is 5.56 Å². The zero-order valence-electron chi connectivity index (χ0n) is 12.8. The van der Waals surface area contributed by atoms with Gasteiger partial charge < -0.3 is 15.9 Å². The van der Waals surface area contributed by atoms with E-state index in [2.05, 4.69) is 17.4 Å². The maximum absolute atomic E-state index is 7.82. The van der Waals surface area contributed by atoms with Crippen LogP contribution in [0.4, 0.5) is 5.69 Å². The maximum Gasteiger partial charge on any atom is 0.134 e. The van der Waals surface area contributed by atoms with Gasteiger partial charge in [0.15, 0.2) is 0 Å². The Morgan fingerprint density at radius 2 is 1.82 bits per heavy atom. The molecule has 0 bridgehead atoms. The van der Waals surface area contributed by atoms with Crippen LogP contribution in [0.2, 0.25) is 0 Å². The number of nitrogens with two attached hydrogens (primary N) is 2. The Morgan fingerprint density at radius 1 is 1.14 bits per heavy atom. The first-order valence-corrected chi connectivity index (χ1v) is 7.22. The molecule has 0 fully saturated rings. The fourth-order valence-corrected chi connectivity index (χ4v) is 2.17. The van der Waals surface area contributed by atoms with Crippen LogP contribution >= 0.6 is 0 Å². The van der Waals surface area contributed by atoms with Crippen LogP contribution in [0.15, 0.2) is 66.4 Å². The van der Waals surface area contributed by atoms with Crippen molar-refractivity contribution in [3.8, 4) is 5.75 Å². The Bertz CT molecular complexity index is 633. The van der Waals surface area contributed by atoms with Gasteiger partial charge in [0, 0.05) is 31.2 Å². The van der Waals surface area contributed by atoms with Crippen LogP contribution in [-0.4, -0.2) is 19.4 Å². The Hall–Kier alpha value is -2.43. The van der Waals surface area contributed by atoms with Gasteiger partial charge in [-0.1, -0.05) is 30.3 Å². The van der Waals surface area contributed by atoms with Gasteiger partial charge in [0.25, 0.3) is 0 Å². The number of hydrogen-bond acceptors (Lipinski definition) is 3. The second kappa shape index (κ2) is 8.12. The maximum atomic E-state index is 7.82. The highest BCUT2D eigenvalue weighted by Gasteiger charge is 2.07. The smallest absolute Gasteiger partial charge is 0.134 e. The molecule has 2 rings (SSSR count). The molecule has 2 aromatic carbocycles. The van der Waals surface area contributed by atoms with Crippen LogP contribution < -0.4 is 15.8 Å². The van der Waals surface area contributed by atoms with E-state index in [9.17, 15) is 0 Å². The van der Waals surface area contributed by atoms with Gasteiger partial charge in [0.2, 0.25) is 0 Å². The van der Waals surface area contributed by atoms with Crippen molar-refractivity contribution in [2.24, 2.45) is 5.73 Å². The lowest BCUT2D eigenvalue weighted by molar-refractivity contribution is -0.519. The first-order valence-electron chi connectivity index (χ1n) is 7.22. The molecule has 0 saturated heterocycles. The van der Waals surface area contributed by atoms with E-state index in [1.54, 1.807) is 7.11 Å². The highest BCUT2D eigenvalue weighted by Crippen LogP contribution is 2.12. The van der Waals surface area contributed by atoms with Gasteiger partial charge in [0.1, 0.15) is 17.1 Å². The summed E-state index contributed by atoms with van der Waals surface area (Å²) < 4.78 is 5.17. The highest BCUT2D eigenvalue weighted by molar-refractivity contribution is 5.94. The Labute approximate surface area is 131 Å². The standard InChI is InChI=1S/C18H21N3O/c1-22-18-9-7-16(8-10-18)21-17(12-15(20)13-19)11-14-5-3-2-4-6-14/h2-10,12,20-21H,11,13,19H2,1H3/p+1/b17-12-,20-15?. The van der Waals surface area contributed by atoms with E-state index in [-0.39, 0.29) is 6.54 Å². The molecule has 0 aromatic heterocycles. The molecular weight excluding hydrogens is 274 g/mol. The van der Waals surface area contributed by atoms with E-state index >= 15 is 0 Å².